The van der Waals surface area contributed by atoms with Crippen LogP contribution >= 0.6 is 15.9 Å². The highest BCUT2D eigenvalue weighted by Gasteiger charge is 2.16. The van der Waals surface area contributed by atoms with Crippen molar-refractivity contribution in [1.29, 1.82) is 0 Å². The van der Waals surface area contributed by atoms with Gasteiger partial charge in [0.25, 0.3) is 0 Å². The van der Waals surface area contributed by atoms with Gasteiger partial charge in [0, 0.05) is 11.0 Å². The Morgan fingerprint density at radius 1 is 1.14 bits per heavy atom. The molecule has 0 bridgehead atoms. The average Bonchev–Trinajstić information content (AvgIpc) is 2.80. The molecule has 1 atom stereocenters. The summed E-state index contributed by atoms with van der Waals surface area (Å²) in [5, 5.41) is 10.1. The summed E-state index contributed by atoms with van der Waals surface area (Å²) in [6, 6.07) is 12.5. The van der Waals surface area contributed by atoms with Gasteiger partial charge in [0.15, 0.2) is 0 Å². The molecule has 1 unspecified atom stereocenters. The predicted molar refractivity (Wildman–Crippen MR) is 93.1 cm³/mol. The molecule has 114 valence electrons. The van der Waals surface area contributed by atoms with Gasteiger partial charge in [-0.3, -0.25) is 0 Å². The van der Waals surface area contributed by atoms with Gasteiger partial charge in [-0.1, -0.05) is 28.1 Å². The molecule has 0 fully saturated rings. The van der Waals surface area contributed by atoms with Crippen LogP contribution in [-0.2, 0) is 6.54 Å². The standard InChI is InChI=1S/C18H19BrN2O/c1-11-8-16-17(9-12(11)2)21(18(20-16)13(3)22)10-14-4-6-15(19)7-5-14/h4-9,13,22H,10H2,1-3H3. The van der Waals surface area contributed by atoms with E-state index < -0.39 is 6.10 Å². The maximum absolute atomic E-state index is 10.1. The van der Waals surface area contributed by atoms with Crippen molar-refractivity contribution in [2.75, 3.05) is 0 Å². The third kappa shape index (κ3) is 2.81. The van der Waals surface area contributed by atoms with Crippen LogP contribution in [0.5, 0.6) is 0 Å². The highest BCUT2D eigenvalue weighted by molar-refractivity contribution is 9.10. The van der Waals surface area contributed by atoms with Gasteiger partial charge < -0.3 is 9.67 Å². The summed E-state index contributed by atoms with van der Waals surface area (Å²) in [6.07, 6.45) is -0.594. The predicted octanol–water partition coefficient (Wildman–Crippen LogP) is 4.52. The molecule has 0 radical (unpaired) electrons. The van der Waals surface area contributed by atoms with E-state index in [9.17, 15) is 5.11 Å². The Labute approximate surface area is 138 Å². The van der Waals surface area contributed by atoms with Crippen molar-refractivity contribution >= 4 is 27.0 Å². The minimum atomic E-state index is -0.594. The minimum Gasteiger partial charge on any atom is -0.385 e. The van der Waals surface area contributed by atoms with Gasteiger partial charge in [-0.25, -0.2) is 4.98 Å². The van der Waals surface area contributed by atoms with E-state index in [2.05, 4.69) is 63.6 Å². The van der Waals surface area contributed by atoms with E-state index in [-0.39, 0.29) is 0 Å². The summed E-state index contributed by atoms with van der Waals surface area (Å²) in [7, 11) is 0. The summed E-state index contributed by atoms with van der Waals surface area (Å²) in [4.78, 5) is 4.63. The minimum absolute atomic E-state index is 0.594. The molecule has 2 aromatic carbocycles. The van der Waals surface area contributed by atoms with Crippen LogP contribution in [0.25, 0.3) is 11.0 Å². The Hall–Kier alpha value is -1.65. The topological polar surface area (TPSA) is 38.1 Å². The molecule has 4 heteroatoms. The molecular weight excluding hydrogens is 340 g/mol. The largest absolute Gasteiger partial charge is 0.385 e. The van der Waals surface area contributed by atoms with E-state index in [1.54, 1.807) is 6.92 Å². The summed E-state index contributed by atoms with van der Waals surface area (Å²) < 4.78 is 3.17. The Kier molecular flexibility index (Phi) is 4.06. The van der Waals surface area contributed by atoms with Crippen LogP contribution in [-0.4, -0.2) is 14.7 Å². The Morgan fingerprint density at radius 2 is 1.77 bits per heavy atom. The highest BCUT2D eigenvalue weighted by Crippen LogP contribution is 2.25. The second-order valence-electron chi connectivity index (χ2n) is 5.78. The zero-order valence-electron chi connectivity index (χ0n) is 13.0. The quantitative estimate of drug-likeness (QED) is 0.747. The molecule has 0 amide bonds. The summed E-state index contributed by atoms with van der Waals surface area (Å²) in [5.74, 6) is 0.711. The maximum Gasteiger partial charge on any atom is 0.138 e. The number of aliphatic hydroxyl groups is 1. The van der Waals surface area contributed by atoms with Gasteiger partial charge in [-0.15, -0.1) is 0 Å². The molecule has 0 aliphatic rings. The number of aryl methyl sites for hydroxylation is 2. The number of hydrogen-bond donors (Lipinski definition) is 1. The van der Waals surface area contributed by atoms with Crippen molar-refractivity contribution in [1.82, 2.24) is 9.55 Å². The lowest BCUT2D eigenvalue weighted by Crippen LogP contribution is -2.08. The number of rotatable bonds is 3. The van der Waals surface area contributed by atoms with Crippen LogP contribution in [0.15, 0.2) is 40.9 Å². The molecule has 1 aromatic heterocycles. The molecule has 3 rings (SSSR count). The van der Waals surface area contributed by atoms with Crippen LogP contribution in [0, 0.1) is 13.8 Å². The third-order valence-electron chi connectivity index (χ3n) is 4.02. The lowest BCUT2D eigenvalue weighted by Gasteiger charge is -2.12. The molecule has 1 N–H and O–H groups in total. The smallest absolute Gasteiger partial charge is 0.138 e. The molecule has 0 aliphatic carbocycles. The first-order valence-electron chi connectivity index (χ1n) is 7.35. The fourth-order valence-corrected chi connectivity index (χ4v) is 2.92. The lowest BCUT2D eigenvalue weighted by molar-refractivity contribution is 0.185. The Bertz CT molecular complexity index is 819. The molecule has 0 saturated carbocycles. The van der Waals surface area contributed by atoms with Crippen LogP contribution < -0.4 is 0 Å². The first kappa shape index (κ1) is 15.3. The van der Waals surface area contributed by atoms with E-state index in [0.717, 1.165) is 15.5 Å². The number of benzene rings is 2. The fourth-order valence-electron chi connectivity index (χ4n) is 2.66. The van der Waals surface area contributed by atoms with Gasteiger partial charge in [-0.2, -0.15) is 0 Å². The second kappa shape index (κ2) is 5.86. The first-order chi connectivity index (χ1) is 10.5. The van der Waals surface area contributed by atoms with Gasteiger partial charge in [0.1, 0.15) is 11.9 Å². The molecule has 0 saturated heterocycles. The van der Waals surface area contributed by atoms with Gasteiger partial charge in [0.05, 0.1) is 11.0 Å². The van der Waals surface area contributed by atoms with Crippen molar-refractivity contribution < 1.29 is 5.11 Å². The number of halogens is 1. The molecule has 0 spiro atoms. The van der Waals surface area contributed by atoms with Crippen molar-refractivity contribution in [2.45, 2.75) is 33.4 Å². The number of hydrogen-bond acceptors (Lipinski definition) is 2. The van der Waals surface area contributed by atoms with Gasteiger partial charge in [0.2, 0.25) is 0 Å². The van der Waals surface area contributed by atoms with Crippen molar-refractivity contribution in [3.05, 3.63) is 63.4 Å². The highest BCUT2D eigenvalue weighted by atomic mass is 79.9. The van der Waals surface area contributed by atoms with Gasteiger partial charge >= 0.3 is 0 Å². The molecule has 0 aliphatic heterocycles. The van der Waals surface area contributed by atoms with E-state index in [1.807, 2.05) is 12.1 Å². The molecule has 3 aromatic rings. The lowest BCUT2D eigenvalue weighted by atomic mass is 10.1. The fraction of sp³-hybridized carbons (Fsp3) is 0.278. The number of imidazole rings is 1. The average molecular weight is 359 g/mol. The normalized spacial score (nSPS) is 12.8. The zero-order valence-corrected chi connectivity index (χ0v) is 14.6. The van der Waals surface area contributed by atoms with Crippen LogP contribution in [0.3, 0.4) is 0 Å². The van der Waals surface area contributed by atoms with Crippen LogP contribution in [0.2, 0.25) is 0 Å². The third-order valence-corrected chi connectivity index (χ3v) is 4.55. The summed E-state index contributed by atoms with van der Waals surface area (Å²) >= 11 is 3.46. The zero-order chi connectivity index (χ0) is 15.9. The Balaban J connectivity index is 2.15. The first-order valence-corrected chi connectivity index (χ1v) is 8.15. The van der Waals surface area contributed by atoms with Crippen molar-refractivity contribution in [3.63, 3.8) is 0 Å². The maximum atomic E-state index is 10.1. The molecule has 1 heterocycles. The summed E-state index contributed by atoms with van der Waals surface area (Å²) in [5.41, 5.74) is 5.65. The van der Waals surface area contributed by atoms with Crippen LogP contribution in [0.1, 0.15) is 35.5 Å². The SMILES string of the molecule is Cc1cc2nc(C(C)O)n(Cc3ccc(Br)cc3)c2cc1C. The van der Waals surface area contributed by atoms with Gasteiger partial charge in [-0.05, 0) is 61.7 Å². The number of fused-ring (bicyclic) bond motifs is 1. The molecule has 22 heavy (non-hydrogen) atoms. The number of aliphatic hydroxyl groups excluding tert-OH is 1. The van der Waals surface area contributed by atoms with E-state index in [1.165, 1.54) is 16.7 Å². The second-order valence-corrected chi connectivity index (χ2v) is 6.70. The number of nitrogens with zero attached hydrogens (tertiary/aromatic N) is 2. The monoisotopic (exact) mass is 358 g/mol. The van der Waals surface area contributed by atoms with Crippen molar-refractivity contribution in [3.8, 4) is 0 Å². The van der Waals surface area contributed by atoms with Crippen LogP contribution in [0.4, 0.5) is 0 Å². The number of aromatic nitrogens is 2. The molecular formula is C18H19BrN2O. The van der Waals surface area contributed by atoms with Crippen molar-refractivity contribution in [2.24, 2.45) is 0 Å². The Morgan fingerprint density at radius 3 is 2.41 bits per heavy atom. The van der Waals surface area contributed by atoms with E-state index in [0.29, 0.717) is 12.4 Å². The van der Waals surface area contributed by atoms with E-state index >= 15 is 0 Å². The summed E-state index contributed by atoms with van der Waals surface area (Å²) in [6.45, 7) is 6.66. The van der Waals surface area contributed by atoms with E-state index in [4.69, 9.17) is 0 Å². The molecule has 3 nitrogen and oxygen atoms in total.